The van der Waals surface area contributed by atoms with Gasteiger partial charge >= 0.3 is 0 Å². The molecule has 0 unspecified atom stereocenters. The molecule has 22 heavy (non-hydrogen) atoms. The highest BCUT2D eigenvalue weighted by molar-refractivity contribution is 5.49. The first kappa shape index (κ1) is 19.1. The highest BCUT2D eigenvalue weighted by atomic mass is 15.1. The average molecular weight is 304 g/mol. The zero-order valence-electron chi connectivity index (χ0n) is 15.8. The second kappa shape index (κ2) is 9.22. The molecular formula is C21H37N. The van der Waals surface area contributed by atoms with Crippen LogP contribution in [0.25, 0.3) is 0 Å². The minimum Gasteiger partial charge on any atom is -0.369 e. The van der Waals surface area contributed by atoms with Crippen LogP contribution in [0.4, 0.5) is 5.69 Å². The molecule has 126 valence electrons. The van der Waals surface area contributed by atoms with Crippen LogP contribution in [0.15, 0.2) is 24.3 Å². The molecule has 0 heterocycles. The second-order valence-electron chi connectivity index (χ2n) is 7.16. The Morgan fingerprint density at radius 3 is 1.95 bits per heavy atom. The van der Waals surface area contributed by atoms with Crippen molar-refractivity contribution in [1.29, 1.82) is 0 Å². The van der Waals surface area contributed by atoms with Crippen molar-refractivity contribution in [3.63, 3.8) is 0 Å². The first-order valence-corrected chi connectivity index (χ1v) is 9.35. The van der Waals surface area contributed by atoms with Gasteiger partial charge in [0.05, 0.1) is 0 Å². The minimum absolute atomic E-state index is 0.322. The number of anilines is 1. The summed E-state index contributed by atoms with van der Waals surface area (Å²) in [6.07, 6.45) is 7.72. The Labute approximate surface area is 139 Å². The van der Waals surface area contributed by atoms with Crippen LogP contribution in [0.3, 0.4) is 0 Å². The van der Waals surface area contributed by atoms with E-state index in [2.05, 4.69) is 70.7 Å². The van der Waals surface area contributed by atoms with E-state index >= 15 is 0 Å². The van der Waals surface area contributed by atoms with E-state index in [1.807, 2.05) is 0 Å². The maximum absolute atomic E-state index is 2.55. The predicted octanol–water partition coefficient (Wildman–Crippen LogP) is 6.56. The van der Waals surface area contributed by atoms with Gasteiger partial charge in [0.25, 0.3) is 0 Å². The lowest BCUT2D eigenvalue weighted by molar-refractivity contribution is 0.439. The molecule has 0 N–H and O–H groups in total. The molecule has 0 aliphatic rings. The number of benzene rings is 1. The van der Waals surface area contributed by atoms with Crippen LogP contribution in [-0.2, 0) is 5.41 Å². The average Bonchev–Trinajstić information content (AvgIpc) is 2.54. The van der Waals surface area contributed by atoms with Gasteiger partial charge in [-0.15, -0.1) is 0 Å². The largest absolute Gasteiger partial charge is 0.369 e. The number of hydrogen-bond acceptors (Lipinski definition) is 1. The van der Waals surface area contributed by atoms with E-state index < -0.39 is 0 Å². The Kier molecular flexibility index (Phi) is 8.00. The van der Waals surface area contributed by atoms with Crippen LogP contribution in [-0.4, -0.2) is 12.6 Å². The van der Waals surface area contributed by atoms with Crippen molar-refractivity contribution in [2.45, 2.75) is 91.5 Å². The Morgan fingerprint density at radius 1 is 0.909 bits per heavy atom. The van der Waals surface area contributed by atoms with Crippen LogP contribution in [0, 0.1) is 0 Å². The van der Waals surface area contributed by atoms with Gasteiger partial charge in [0.1, 0.15) is 0 Å². The summed E-state index contributed by atoms with van der Waals surface area (Å²) in [4.78, 5) is 2.55. The van der Waals surface area contributed by atoms with Crippen molar-refractivity contribution in [2.75, 3.05) is 11.4 Å². The van der Waals surface area contributed by atoms with Crippen LogP contribution in [0.1, 0.15) is 85.6 Å². The maximum atomic E-state index is 2.55. The molecule has 0 radical (unpaired) electrons. The Balaban J connectivity index is 2.80. The molecule has 1 heteroatoms. The molecule has 0 amide bonds. The first-order chi connectivity index (χ1) is 10.5. The highest BCUT2D eigenvalue weighted by Gasteiger charge is 2.22. The van der Waals surface area contributed by atoms with E-state index in [0.29, 0.717) is 11.5 Å². The summed E-state index contributed by atoms with van der Waals surface area (Å²) >= 11 is 0. The van der Waals surface area contributed by atoms with Gasteiger partial charge in [0.15, 0.2) is 0 Å². The molecule has 0 saturated heterocycles. The van der Waals surface area contributed by atoms with Crippen molar-refractivity contribution in [1.82, 2.24) is 0 Å². The lowest BCUT2D eigenvalue weighted by Gasteiger charge is -2.31. The summed E-state index contributed by atoms with van der Waals surface area (Å²) in [5, 5.41) is 0. The monoisotopic (exact) mass is 303 g/mol. The lowest BCUT2D eigenvalue weighted by atomic mass is 9.78. The highest BCUT2D eigenvalue weighted by Crippen LogP contribution is 2.32. The minimum atomic E-state index is 0.322. The number of unbranched alkanes of at least 4 members (excludes halogenated alkanes) is 3. The molecule has 0 saturated carbocycles. The zero-order valence-corrected chi connectivity index (χ0v) is 15.8. The van der Waals surface area contributed by atoms with Crippen molar-refractivity contribution in [2.24, 2.45) is 0 Å². The van der Waals surface area contributed by atoms with Gasteiger partial charge in [-0.3, -0.25) is 0 Å². The number of nitrogens with zero attached hydrogens (tertiary/aromatic N) is 1. The van der Waals surface area contributed by atoms with Gasteiger partial charge < -0.3 is 4.90 Å². The van der Waals surface area contributed by atoms with Crippen molar-refractivity contribution >= 4 is 5.69 Å². The summed E-state index contributed by atoms with van der Waals surface area (Å²) in [6.45, 7) is 15.0. The van der Waals surface area contributed by atoms with Gasteiger partial charge in [0.2, 0.25) is 0 Å². The quantitative estimate of drug-likeness (QED) is 0.442. The zero-order chi connectivity index (χ0) is 16.6. The van der Waals surface area contributed by atoms with Gasteiger partial charge in [-0.1, -0.05) is 59.1 Å². The van der Waals surface area contributed by atoms with Gasteiger partial charge in [0, 0.05) is 18.3 Å². The first-order valence-electron chi connectivity index (χ1n) is 9.35. The predicted molar refractivity (Wildman–Crippen MR) is 101 cm³/mol. The third kappa shape index (κ3) is 5.04. The van der Waals surface area contributed by atoms with Crippen LogP contribution >= 0.6 is 0 Å². The van der Waals surface area contributed by atoms with E-state index in [0.717, 1.165) is 0 Å². The normalized spacial score (nSPS) is 12.0. The molecule has 0 atom stereocenters. The molecule has 0 aromatic heterocycles. The van der Waals surface area contributed by atoms with Gasteiger partial charge in [-0.2, -0.15) is 0 Å². The summed E-state index contributed by atoms with van der Waals surface area (Å²) < 4.78 is 0. The topological polar surface area (TPSA) is 3.24 Å². The SMILES string of the molecule is CCCCCCN(c1ccc(C(C)(CC)CC)cc1)C(C)C. The molecule has 1 rings (SSSR count). The summed E-state index contributed by atoms with van der Waals surface area (Å²) in [6, 6.07) is 9.93. The Bertz CT molecular complexity index is 400. The molecule has 0 spiro atoms. The number of rotatable bonds is 10. The molecule has 0 fully saturated rings. The lowest BCUT2D eigenvalue weighted by Crippen LogP contribution is -2.31. The fourth-order valence-electron chi connectivity index (χ4n) is 3.11. The van der Waals surface area contributed by atoms with Crippen molar-refractivity contribution in [3.8, 4) is 0 Å². The van der Waals surface area contributed by atoms with Crippen molar-refractivity contribution in [3.05, 3.63) is 29.8 Å². The van der Waals surface area contributed by atoms with E-state index in [-0.39, 0.29) is 0 Å². The van der Waals surface area contributed by atoms with Gasteiger partial charge in [-0.05, 0) is 56.2 Å². The molecule has 0 bridgehead atoms. The molecule has 1 aromatic carbocycles. The third-order valence-corrected chi connectivity index (χ3v) is 5.33. The standard InChI is InChI=1S/C21H37N/c1-7-10-11-12-17-22(18(4)5)20-15-13-19(14-16-20)21(6,8-2)9-3/h13-16,18H,7-12,17H2,1-6H3. The Morgan fingerprint density at radius 2 is 1.50 bits per heavy atom. The fourth-order valence-corrected chi connectivity index (χ4v) is 3.11. The molecular weight excluding hydrogens is 266 g/mol. The third-order valence-electron chi connectivity index (χ3n) is 5.33. The Hall–Kier alpha value is -0.980. The van der Waals surface area contributed by atoms with Crippen molar-refractivity contribution < 1.29 is 0 Å². The summed E-state index contributed by atoms with van der Waals surface area (Å²) in [7, 11) is 0. The van der Waals surface area contributed by atoms with Gasteiger partial charge in [-0.25, -0.2) is 0 Å². The van der Waals surface area contributed by atoms with E-state index in [1.54, 1.807) is 0 Å². The molecule has 0 aliphatic heterocycles. The summed E-state index contributed by atoms with van der Waals surface area (Å²) in [5.41, 5.74) is 3.18. The molecule has 1 nitrogen and oxygen atoms in total. The fraction of sp³-hybridized carbons (Fsp3) is 0.714. The van der Waals surface area contributed by atoms with E-state index in [4.69, 9.17) is 0 Å². The van der Waals surface area contributed by atoms with Crippen LogP contribution in [0.5, 0.6) is 0 Å². The molecule has 1 aromatic rings. The van der Waals surface area contributed by atoms with Crippen LogP contribution in [0.2, 0.25) is 0 Å². The maximum Gasteiger partial charge on any atom is 0.0368 e. The van der Waals surface area contributed by atoms with Crippen LogP contribution < -0.4 is 4.90 Å². The summed E-state index contributed by atoms with van der Waals surface area (Å²) in [5.74, 6) is 0. The smallest absolute Gasteiger partial charge is 0.0368 e. The van der Waals surface area contributed by atoms with E-state index in [1.165, 1.54) is 56.3 Å². The van der Waals surface area contributed by atoms with E-state index in [9.17, 15) is 0 Å². The molecule has 0 aliphatic carbocycles. The second-order valence-corrected chi connectivity index (χ2v) is 7.16. The number of hydrogen-bond donors (Lipinski definition) is 0.